The fourth-order valence-corrected chi connectivity index (χ4v) is 2.52. The van der Waals surface area contributed by atoms with E-state index in [1.54, 1.807) is 24.3 Å². The lowest BCUT2D eigenvalue weighted by Crippen LogP contribution is -2.49. The Labute approximate surface area is 154 Å². The first-order valence-corrected chi connectivity index (χ1v) is 8.86. The zero-order valence-corrected chi connectivity index (χ0v) is 15.5. The molecule has 2 rings (SSSR count). The molecule has 2 N–H and O–H groups in total. The van der Waals surface area contributed by atoms with Crippen LogP contribution < -0.4 is 15.4 Å². The van der Waals surface area contributed by atoms with E-state index in [-0.39, 0.29) is 17.7 Å². The molecule has 0 aliphatic rings. The van der Waals surface area contributed by atoms with Gasteiger partial charge in [0, 0.05) is 12.1 Å². The second-order valence-corrected chi connectivity index (χ2v) is 6.36. The topological polar surface area (TPSA) is 67.4 Å². The van der Waals surface area contributed by atoms with E-state index in [2.05, 4.69) is 10.6 Å². The number of ether oxygens (including phenoxy) is 1. The number of hydrogen-bond donors (Lipinski definition) is 2. The van der Waals surface area contributed by atoms with Crippen molar-refractivity contribution in [2.24, 2.45) is 5.92 Å². The van der Waals surface area contributed by atoms with Crippen molar-refractivity contribution in [2.45, 2.75) is 33.4 Å². The van der Waals surface area contributed by atoms with Crippen LogP contribution in [0, 0.1) is 5.92 Å². The van der Waals surface area contributed by atoms with Gasteiger partial charge in [0.05, 0.1) is 6.61 Å². The fourth-order valence-electron chi connectivity index (χ4n) is 2.52. The maximum absolute atomic E-state index is 12.5. The molecule has 0 unspecified atom stereocenters. The van der Waals surface area contributed by atoms with E-state index >= 15 is 0 Å². The van der Waals surface area contributed by atoms with Gasteiger partial charge in [-0.2, -0.15) is 0 Å². The monoisotopic (exact) mass is 354 g/mol. The highest BCUT2D eigenvalue weighted by atomic mass is 16.5. The molecule has 26 heavy (non-hydrogen) atoms. The van der Waals surface area contributed by atoms with Gasteiger partial charge >= 0.3 is 0 Å². The van der Waals surface area contributed by atoms with Gasteiger partial charge in [-0.1, -0.05) is 44.2 Å². The van der Waals surface area contributed by atoms with Crippen LogP contribution in [-0.2, 0) is 11.3 Å². The van der Waals surface area contributed by atoms with Crippen molar-refractivity contribution < 1.29 is 14.3 Å². The molecule has 0 heterocycles. The standard InChI is InChI=1S/C21H26N2O3/c1-4-26-18-12-10-17(11-13-18)20(24)23-19(15(2)3)21(25)22-14-16-8-6-5-7-9-16/h5-13,15,19H,4,14H2,1-3H3,(H,22,25)(H,23,24)/t19-/m0/s1. The molecule has 1 atom stereocenters. The molecular weight excluding hydrogens is 328 g/mol. The highest BCUT2D eigenvalue weighted by Crippen LogP contribution is 2.13. The second-order valence-electron chi connectivity index (χ2n) is 6.36. The molecule has 0 fully saturated rings. The lowest BCUT2D eigenvalue weighted by Gasteiger charge is -2.22. The Balaban J connectivity index is 1.97. The number of rotatable bonds is 8. The van der Waals surface area contributed by atoms with E-state index in [0.717, 1.165) is 5.56 Å². The Morgan fingerprint density at radius 1 is 1.00 bits per heavy atom. The van der Waals surface area contributed by atoms with Gasteiger partial charge in [0.1, 0.15) is 11.8 Å². The smallest absolute Gasteiger partial charge is 0.251 e. The van der Waals surface area contributed by atoms with E-state index in [0.29, 0.717) is 24.5 Å². The number of hydrogen-bond acceptors (Lipinski definition) is 3. The minimum Gasteiger partial charge on any atom is -0.494 e. The van der Waals surface area contributed by atoms with Gasteiger partial charge in [0.2, 0.25) is 5.91 Å². The van der Waals surface area contributed by atoms with Gasteiger partial charge in [-0.05, 0) is 42.7 Å². The second kappa shape index (κ2) is 9.61. The molecule has 2 amide bonds. The predicted molar refractivity (Wildman–Crippen MR) is 102 cm³/mol. The summed E-state index contributed by atoms with van der Waals surface area (Å²) in [6.45, 7) is 6.72. The summed E-state index contributed by atoms with van der Waals surface area (Å²) in [5.74, 6) is 0.215. The van der Waals surface area contributed by atoms with Gasteiger partial charge in [-0.3, -0.25) is 9.59 Å². The zero-order chi connectivity index (χ0) is 18.9. The summed E-state index contributed by atoms with van der Waals surface area (Å²) in [5, 5.41) is 5.72. The number of carbonyl (C=O) groups excluding carboxylic acids is 2. The minimum atomic E-state index is -0.599. The van der Waals surface area contributed by atoms with Crippen LogP contribution in [0.15, 0.2) is 54.6 Å². The average molecular weight is 354 g/mol. The number of carbonyl (C=O) groups is 2. The molecule has 138 valence electrons. The fraction of sp³-hybridized carbons (Fsp3) is 0.333. The van der Waals surface area contributed by atoms with Crippen LogP contribution in [0.25, 0.3) is 0 Å². The van der Waals surface area contributed by atoms with Crippen molar-refractivity contribution in [3.05, 3.63) is 65.7 Å². The van der Waals surface area contributed by atoms with Gasteiger partial charge in [-0.25, -0.2) is 0 Å². The summed E-state index contributed by atoms with van der Waals surface area (Å²) < 4.78 is 5.38. The quantitative estimate of drug-likeness (QED) is 0.765. The van der Waals surface area contributed by atoms with Crippen LogP contribution >= 0.6 is 0 Å². The summed E-state index contributed by atoms with van der Waals surface area (Å²) >= 11 is 0. The van der Waals surface area contributed by atoms with E-state index in [9.17, 15) is 9.59 Å². The Hall–Kier alpha value is -2.82. The molecule has 2 aromatic rings. The maximum Gasteiger partial charge on any atom is 0.251 e. The van der Waals surface area contributed by atoms with Crippen molar-refractivity contribution in [1.29, 1.82) is 0 Å². The largest absolute Gasteiger partial charge is 0.494 e. The van der Waals surface area contributed by atoms with E-state index < -0.39 is 6.04 Å². The van der Waals surface area contributed by atoms with Crippen LogP contribution in [0.3, 0.4) is 0 Å². The molecule has 0 radical (unpaired) electrons. The third-order valence-corrected chi connectivity index (χ3v) is 3.97. The molecular formula is C21H26N2O3. The normalized spacial score (nSPS) is 11.7. The van der Waals surface area contributed by atoms with Crippen molar-refractivity contribution >= 4 is 11.8 Å². The molecule has 2 aromatic carbocycles. The maximum atomic E-state index is 12.5. The van der Waals surface area contributed by atoms with Crippen molar-refractivity contribution in [1.82, 2.24) is 10.6 Å². The predicted octanol–water partition coefficient (Wildman–Crippen LogP) is 3.16. The summed E-state index contributed by atoms with van der Waals surface area (Å²) in [6, 6.07) is 16.0. The zero-order valence-electron chi connectivity index (χ0n) is 15.5. The summed E-state index contributed by atoms with van der Waals surface area (Å²) in [7, 11) is 0. The molecule has 0 bridgehead atoms. The number of benzene rings is 2. The first kappa shape index (κ1) is 19.5. The molecule has 5 heteroatoms. The Kier molecular flexibility index (Phi) is 7.21. The number of nitrogens with one attached hydrogen (secondary N) is 2. The molecule has 0 aliphatic carbocycles. The van der Waals surface area contributed by atoms with Crippen LogP contribution in [0.2, 0.25) is 0 Å². The highest BCUT2D eigenvalue weighted by Gasteiger charge is 2.24. The lowest BCUT2D eigenvalue weighted by atomic mass is 10.0. The van der Waals surface area contributed by atoms with Gasteiger partial charge in [0.15, 0.2) is 0 Å². The van der Waals surface area contributed by atoms with Crippen LogP contribution in [0.1, 0.15) is 36.7 Å². The van der Waals surface area contributed by atoms with E-state index in [4.69, 9.17) is 4.74 Å². The molecule has 5 nitrogen and oxygen atoms in total. The van der Waals surface area contributed by atoms with Crippen molar-refractivity contribution in [2.75, 3.05) is 6.61 Å². The summed E-state index contributed by atoms with van der Waals surface area (Å²) in [4.78, 5) is 25.0. The third-order valence-electron chi connectivity index (χ3n) is 3.97. The van der Waals surface area contributed by atoms with Crippen LogP contribution in [0.5, 0.6) is 5.75 Å². The first-order chi connectivity index (χ1) is 12.5. The first-order valence-electron chi connectivity index (χ1n) is 8.86. The lowest BCUT2D eigenvalue weighted by molar-refractivity contribution is -0.124. The molecule has 0 spiro atoms. The average Bonchev–Trinajstić information content (AvgIpc) is 2.65. The number of amides is 2. The molecule has 0 saturated carbocycles. The highest BCUT2D eigenvalue weighted by molar-refractivity contribution is 5.97. The molecule has 0 aliphatic heterocycles. The van der Waals surface area contributed by atoms with Crippen LogP contribution in [0.4, 0.5) is 0 Å². The summed E-state index contributed by atoms with van der Waals surface area (Å²) in [6.07, 6.45) is 0. The Morgan fingerprint density at radius 3 is 2.23 bits per heavy atom. The Bertz CT molecular complexity index is 712. The van der Waals surface area contributed by atoms with Gasteiger partial charge < -0.3 is 15.4 Å². The molecule has 0 aromatic heterocycles. The molecule has 0 saturated heterocycles. The van der Waals surface area contributed by atoms with Gasteiger partial charge in [-0.15, -0.1) is 0 Å². The summed E-state index contributed by atoms with van der Waals surface area (Å²) in [5.41, 5.74) is 1.51. The van der Waals surface area contributed by atoms with E-state index in [1.807, 2.05) is 51.1 Å². The minimum absolute atomic E-state index is 0.0302. The van der Waals surface area contributed by atoms with Crippen LogP contribution in [-0.4, -0.2) is 24.5 Å². The van der Waals surface area contributed by atoms with Crippen molar-refractivity contribution in [3.8, 4) is 5.75 Å². The Morgan fingerprint density at radius 2 is 1.65 bits per heavy atom. The van der Waals surface area contributed by atoms with E-state index in [1.165, 1.54) is 0 Å². The van der Waals surface area contributed by atoms with Crippen molar-refractivity contribution in [3.63, 3.8) is 0 Å². The van der Waals surface area contributed by atoms with Gasteiger partial charge in [0.25, 0.3) is 5.91 Å². The SMILES string of the molecule is CCOc1ccc(C(=O)N[C@H](C(=O)NCc2ccccc2)C(C)C)cc1. The third kappa shape index (κ3) is 5.62.